The zero-order valence-electron chi connectivity index (χ0n) is 24.0. The smallest absolute Gasteiger partial charge is 0.451 e. The second-order valence-electron chi connectivity index (χ2n) is 11.5. The highest BCUT2D eigenvalue weighted by Crippen LogP contribution is 2.21. The molecule has 10 heteroatoms. The Balaban J connectivity index is 2.70. The molecule has 0 heterocycles. The third kappa shape index (κ3) is 15.2. The molecule has 9 nitrogen and oxygen atoms in total. The van der Waals surface area contributed by atoms with Gasteiger partial charge in [-0.2, -0.15) is 0 Å². The van der Waals surface area contributed by atoms with E-state index in [0.717, 1.165) is 32.4 Å². The lowest BCUT2D eigenvalue weighted by atomic mass is 9.81. The number of hydrogen-bond donors (Lipinski definition) is 5. The lowest BCUT2D eigenvalue weighted by Gasteiger charge is -2.33. The van der Waals surface area contributed by atoms with E-state index in [4.69, 9.17) is 31.0 Å². The van der Waals surface area contributed by atoms with E-state index in [1.165, 1.54) is 5.56 Å². The first-order chi connectivity index (χ1) is 17.8. The van der Waals surface area contributed by atoms with Gasteiger partial charge < -0.3 is 41.0 Å². The van der Waals surface area contributed by atoms with Crippen LogP contribution in [0.3, 0.4) is 0 Å². The standard InChI is InChI=1S/C28H52BN3O6/c1-26(2,14-18-30)37-22-23-38-27(3,4)15-20-32(19-12-24-10-6-5-7-11-24)21-16-28(31,25(33)34)13-8-9-17-29(35)36/h5-7,10-11,35-36H,8-9,12-23,30-31H2,1-4H3,(H,33,34). The Morgan fingerprint density at radius 3 is 2.03 bits per heavy atom. The highest BCUT2D eigenvalue weighted by atomic mass is 16.5. The fourth-order valence-electron chi connectivity index (χ4n) is 4.29. The van der Waals surface area contributed by atoms with E-state index in [2.05, 4.69) is 30.9 Å². The maximum absolute atomic E-state index is 12.0. The first-order valence-electron chi connectivity index (χ1n) is 13.9. The molecule has 0 saturated carbocycles. The van der Waals surface area contributed by atoms with E-state index in [1.807, 2.05) is 32.0 Å². The molecule has 0 bridgehead atoms. The molecule has 7 N–H and O–H groups in total. The van der Waals surface area contributed by atoms with Gasteiger partial charge in [-0.1, -0.05) is 43.2 Å². The number of hydrogen-bond acceptors (Lipinski definition) is 8. The van der Waals surface area contributed by atoms with Crippen LogP contribution in [0.5, 0.6) is 0 Å². The van der Waals surface area contributed by atoms with E-state index >= 15 is 0 Å². The van der Waals surface area contributed by atoms with Crippen molar-refractivity contribution in [1.29, 1.82) is 0 Å². The van der Waals surface area contributed by atoms with Crippen LogP contribution in [-0.2, 0) is 20.7 Å². The summed E-state index contributed by atoms with van der Waals surface area (Å²) in [6, 6.07) is 10.2. The van der Waals surface area contributed by atoms with Crippen LogP contribution in [0.4, 0.5) is 0 Å². The van der Waals surface area contributed by atoms with Gasteiger partial charge in [-0.05, 0) is 78.2 Å². The number of carboxylic acid groups (broad SMARTS) is 1. The van der Waals surface area contributed by atoms with Crippen molar-refractivity contribution in [2.45, 2.75) is 95.7 Å². The molecule has 0 aromatic heterocycles. The molecule has 0 saturated heterocycles. The molecule has 1 rings (SSSR count). The predicted molar refractivity (Wildman–Crippen MR) is 153 cm³/mol. The van der Waals surface area contributed by atoms with Crippen LogP contribution in [0.1, 0.15) is 71.8 Å². The van der Waals surface area contributed by atoms with Crippen LogP contribution >= 0.6 is 0 Å². The third-order valence-electron chi connectivity index (χ3n) is 7.04. The second kappa shape index (κ2) is 17.2. The monoisotopic (exact) mass is 537 g/mol. The number of aliphatic carboxylic acids is 1. The number of ether oxygens (including phenoxy) is 2. The molecule has 0 radical (unpaired) electrons. The lowest BCUT2D eigenvalue weighted by molar-refractivity contribution is -0.144. The molecule has 38 heavy (non-hydrogen) atoms. The molecule has 0 spiro atoms. The van der Waals surface area contributed by atoms with E-state index in [0.29, 0.717) is 45.6 Å². The van der Waals surface area contributed by atoms with Gasteiger partial charge in [0.25, 0.3) is 0 Å². The quantitative estimate of drug-likeness (QED) is 0.111. The molecule has 0 fully saturated rings. The van der Waals surface area contributed by atoms with Crippen LogP contribution in [0, 0.1) is 0 Å². The minimum atomic E-state index is -1.38. The predicted octanol–water partition coefficient (Wildman–Crippen LogP) is 2.68. The van der Waals surface area contributed by atoms with Gasteiger partial charge in [0.05, 0.1) is 24.4 Å². The number of nitrogens with zero attached hydrogens (tertiary/aromatic N) is 1. The third-order valence-corrected chi connectivity index (χ3v) is 7.04. The first kappa shape index (κ1) is 34.5. The van der Waals surface area contributed by atoms with Crippen molar-refractivity contribution < 1.29 is 29.4 Å². The summed E-state index contributed by atoms with van der Waals surface area (Å²) < 4.78 is 12.1. The number of carboxylic acids is 1. The van der Waals surface area contributed by atoms with Crippen molar-refractivity contribution in [3.8, 4) is 0 Å². The summed E-state index contributed by atoms with van der Waals surface area (Å²) in [6.45, 7) is 11.8. The van der Waals surface area contributed by atoms with Crippen molar-refractivity contribution in [2.24, 2.45) is 11.5 Å². The number of rotatable bonds is 22. The summed E-state index contributed by atoms with van der Waals surface area (Å²) in [5.74, 6) is -1.02. The summed E-state index contributed by atoms with van der Waals surface area (Å²) in [5, 5.41) is 28.0. The molecule has 0 amide bonds. The molecule has 218 valence electrons. The minimum absolute atomic E-state index is 0.212. The van der Waals surface area contributed by atoms with Crippen LogP contribution < -0.4 is 11.5 Å². The average Bonchev–Trinajstić information content (AvgIpc) is 2.84. The Morgan fingerprint density at radius 1 is 0.895 bits per heavy atom. The normalized spacial score (nSPS) is 14.0. The SMILES string of the molecule is CC(C)(CCN)OCCOC(C)(C)CCN(CCc1ccccc1)CCC(N)(CCCCB(O)O)C(=O)O. The molecule has 0 aliphatic heterocycles. The molecule has 0 aliphatic carbocycles. The average molecular weight is 538 g/mol. The van der Waals surface area contributed by atoms with Crippen LogP contribution in [-0.4, -0.2) is 89.3 Å². The minimum Gasteiger partial charge on any atom is -0.480 e. The molecule has 1 unspecified atom stereocenters. The number of carbonyl (C=O) groups is 1. The molecule has 1 aromatic rings. The number of nitrogens with two attached hydrogens (primary N) is 2. The van der Waals surface area contributed by atoms with Gasteiger partial charge in [0.1, 0.15) is 5.54 Å². The molecule has 0 aliphatic rings. The van der Waals surface area contributed by atoms with Crippen LogP contribution in [0.15, 0.2) is 30.3 Å². The van der Waals surface area contributed by atoms with E-state index in [9.17, 15) is 9.90 Å². The van der Waals surface area contributed by atoms with E-state index in [-0.39, 0.29) is 23.9 Å². The van der Waals surface area contributed by atoms with Gasteiger partial charge in [-0.3, -0.25) is 4.79 Å². The van der Waals surface area contributed by atoms with Crippen molar-refractivity contribution in [2.75, 3.05) is 39.4 Å². The molecular weight excluding hydrogens is 485 g/mol. The van der Waals surface area contributed by atoms with Gasteiger partial charge >= 0.3 is 13.1 Å². The summed E-state index contributed by atoms with van der Waals surface area (Å²) in [6.07, 6.45) is 4.26. The van der Waals surface area contributed by atoms with Crippen molar-refractivity contribution in [1.82, 2.24) is 4.90 Å². The molecule has 1 aromatic carbocycles. The maximum atomic E-state index is 12.0. The fourth-order valence-corrected chi connectivity index (χ4v) is 4.29. The van der Waals surface area contributed by atoms with Gasteiger partial charge in [0.2, 0.25) is 0 Å². The van der Waals surface area contributed by atoms with Crippen molar-refractivity contribution in [3.05, 3.63) is 35.9 Å². The summed E-state index contributed by atoms with van der Waals surface area (Å²) in [7, 11) is -1.38. The van der Waals surface area contributed by atoms with Gasteiger partial charge in [-0.15, -0.1) is 0 Å². The Morgan fingerprint density at radius 2 is 1.47 bits per heavy atom. The molecule has 1 atom stereocenters. The Kier molecular flexibility index (Phi) is 15.6. The Bertz CT molecular complexity index is 781. The number of benzene rings is 1. The zero-order valence-corrected chi connectivity index (χ0v) is 24.0. The van der Waals surface area contributed by atoms with Gasteiger partial charge in [-0.25, -0.2) is 0 Å². The Labute approximate surface area is 230 Å². The highest BCUT2D eigenvalue weighted by molar-refractivity contribution is 6.40. The first-order valence-corrected chi connectivity index (χ1v) is 13.9. The summed E-state index contributed by atoms with van der Waals surface area (Å²) >= 11 is 0. The summed E-state index contributed by atoms with van der Waals surface area (Å²) in [5.41, 5.74) is 11.2. The second-order valence-corrected chi connectivity index (χ2v) is 11.5. The largest absolute Gasteiger partial charge is 0.480 e. The Hall–Kier alpha value is -1.53. The van der Waals surface area contributed by atoms with Gasteiger partial charge in [0, 0.05) is 19.6 Å². The topological polar surface area (TPSA) is 152 Å². The van der Waals surface area contributed by atoms with Crippen molar-refractivity contribution >= 4 is 13.1 Å². The highest BCUT2D eigenvalue weighted by Gasteiger charge is 2.34. The zero-order chi connectivity index (χ0) is 28.7. The van der Waals surface area contributed by atoms with Crippen molar-refractivity contribution in [3.63, 3.8) is 0 Å². The van der Waals surface area contributed by atoms with E-state index in [1.54, 1.807) is 0 Å². The van der Waals surface area contributed by atoms with Crippen LogP contribution in [0.2, 0.25) is 6.32 Å². The fraction of sp³-hybridized carbons (Fsp3) is 0.750. The maximum Gasteiger partial charge on any atom is 0.451 e. The van der Waals surface area contributed by atoms with Gasteiger partial charge in [0.15, 0.2) is 0 Å². The number of unbranched alkanes of at least 4 members (excludes halogenated alkanes) is 1. The van der Waals surface area contributed by atoms with E-state index < -0.39 is 18.6 Å². The van der Waals surface area contributed by atoms with Crippen LogP contribution in [0.25, 0.3) is 0 Å². The lowest BCUT2D eigenvalue weighted by Crippen LogP contribution is -2.50. The molecular formula is C28H52BN3O6. The summed E-state index contributed by atoms with van der Waals surface area (Å²) in [4.78, 5) is 14.3.